The number of halogens is 7. The molecule has 0 bridgehead atoms. The van der Waals surface area contributed by atoms with Gasteiger partial charge in [0.15, 0.2) is 0 Å². The molecule has 0 aliphatic heterocycles. The van der Waals surface area contributed by atoms with E-state index in [-0.39, 0.29) is 26.2 Å². The highest BCUT2D eigenvalue weighted by Gasteiger charge is 2.34. The second-order valence-electron chi connectivity index (χ2n) is 3.94. The highest BCUT2D eigenvalue weighted by molar-refractivity contribution is 6.48. The fourth-order valence-electron chi connectivity index (χ4n) is 1.71. The van der Waals surface area contributed by atoms with Crippen LogP contribution in [0.5, 0.6) is 0 Å². The van der Waals surface area contributed by atoms with Crippen molar-refractivity contribution in [3.63, 3.8) is 0 Å². The SMILES string of the molecule is Fc1ccc(-c2cc(Cl)c(Cl)c(Cl)c2)c(C(F)(F)F)c1. The third kappa shape index (κ3) is 3.03. The van der Waals surface area contributed by atoms with Crippen LogP contribution in [0.3, 0.4) is 0 Å². The fraction of sp³-hybridized carbons (Fsp3) is 0.0769. The Morgan fingerprint density at radius 1 is 0.850 bits per heavy atom. The van der Waals surface area contributed by atoms with Gasteiger partial charge < -0.3 is 0 Å². The van der Waals surface area contributed by atoms with E-state index in [1.807, 2.05) is 0 Å². The van der Waals surface area contributed by atoms with Crippen molar-refractivity contribution in [3.05, 3.63) is 56.8 Å². The molecule has 0 amide bonds. The maximum Gasteiger partial charge on any atom is 0.417 e. The van der Waals surface area contributed by atoms with E-state index in [2.05, 4.69) is 0 Å². The molecule has 0 unspecified atom stereocenters. The van der Waals surface area contributed by atoms with Crippen LogP contribution in [0.4, 0.5) is 17.6 Å². The van der Waals surface area contributed by atoms with Crippen LogP contribution in [0.1, 0.15) is 5.56 Å². The maximum absolute atomic E-state index is 13.0. The normalized spacial score (nSPS) is 11.8. The highest BCUT2D eigenvalue weighted by Crippen LogP contribution is 2.41. The molecule has 0 heterocycles. The monoisotopic (exact) mass is 342 g/mol. The molecule has 2 aromatic carbocycles. The summed E-state index contributed by atoms with van der Waals surface area (Å²) in [6, 6.07) is 4.87. The van der Waals surface area contributed by atoms with E-state index in [0.29, 0.717) is 6.07 Å². The van der Waals surface area contributed by atoms with Crippen molar-refractivity contribution in [1.29, 1.82) is 0 Å². The Labute approximate surface area is 126 Å². The summed E-state index contributed by atoms with van der Waals surface area (Å²) in [5, 5.41) is 0.0889. The molecule has 0 spiro atoms. The van der Waals surface area contributed by atoms with E-state index < -0.39 is 17.6 Å². The van der Waals surface area contributed by atoms with E-state index in [1.165, 1.54) is 12.1 Å². The number of benzene rings is 2. The van der Waals surface area contributed by atoms with E-state index in [1.54, 1.807) is 0 Å². The lowest BCUT2D eigenvalue weighted by molar-refractivity contribution is -0.137. The van der Waals surface area contributed by atoms with E-state index in [0.717, 1.165) is 12.1 Å². The quantitative estimate of drug-likeness (QED) is 0.411. The molecule has 0 aliphatic rings. The third-order valence-corrected chi connectivity index (χ3v) is 3.78. The lowest BCUT2D eigenvalue weighted by Gasteiger charge is -2.14. The van der Waals surface area contributed by atoms with Crippen molar-refractivity contribution in [3.8, 4) is 11.1 Å². The van der Waals surface area contributed by atoms with Gasteiger partial charge in [0, 0.05) is 0 Å². The molecule has 0 aromatic heterocycles. The van der Waals surface area contributed by atoms with Crippen molar-refractivity contribution < 1.29 is 17.6 Å². The first kappa shape index (κ1) is 15.4. The van der Waals surface area contributed by atoms with Crippen molar-refractivity contribution in [2.75, 3.05) is 0 Å². The molecule has 2 rings (SSSR count). The van der Waals surface area contributed by atoms with Gasteiger partial charge in [0.1, 0.15) is 5.82 Å². The molecular formula is C13H5Cl3F4. The van der Waals surface area contributed by atoms with Crippen LogP contribution in [-0.4, -0.2) is 0 Å². The second kappa shape index (κ2) is 5.43. The molecule has 2 aromatic rings. The zero-order valence-electron chi connectivity index (χ0n) is 9.53. The minimum atomic E-state index is -4.70. The summed E-state index contributed by atoms with van der Waals surface area (Å²) in [4.78, 5) is 0. The zero-order chi connectivity index (χ0) is 15.1. The van der Waals surface area contributed by atoms with Gasteiger partial charge in [0.05, 0.1) is 20.6 Å². The topological polar surface area (TPSA) is 0 Å². The minimum Gasteiger partial charge on any atom is -0.207 e. The standard InChI is InChI=1S/C13H5Cl3F4/c14-10-3-6(4-11(15)12(10)16)8-2-1-7(17)5-9(8)13(18,19)20/h1-5H. The van der Waals surface area contributed by atoms with Gasteiger partial charge in [-0.05, 0) is 35.4 Å². The predicted octanol–water partition coefficient (Wildman–Crippen LogP) is 6.47. The van der Waals surface area contributed by atoms with Crippen LogP contribution in [0.2, 0.25) is 15.1 Å². The Balaban J connectivity index is 2.70. The van der Waals surface area contributed by atoms with Gasteiger partial charge >= 0.3 is 6.18 Å². The maximum atomic E-state index is 13.0. The van der Waals surface area contributed by atoms with Gasteiger partial charge in [-0.3, -0.25) is 0 Å². The molecule has 0 aliphatic carbocycles. The van der Waals surface area contributed by atoms with E-state index >= 15 is 0 Å². The molecule has 0 saturated carbocycles. The predicted molar refractivity (Wildman–Crippen MR) is 71.9 cm³/mol. The van der Waals surface area contributed by atoms with Crippen LogP contribution >= 0.6 is 34.8 Å². The van der Waals surface area contributed by atoms with Crippen LogP contribution in [0.15, 0.2) is 30.3 Å². The van der Waals surface area contributed by atoms with E-state index in [9.17, 15) is 17.6 Å². The number of alkyl halides is 3. The van der Waals surface area contributed by atoms with Crippen molar-refractivity contribution >= 4 is 34.8 Å². The third-order valence-electron chi connectivity index (χ3n) is 2.58. The Hall–Kier alpha value is -0.970. The first-order valence-electron chi connectivity index (χ1n) is 5.22. The summed E-state index contributed by atoms with van der Waals surface area (Å²) < 4.78 is 51.8. The summed E-state index contributed by atoms with van der Waals surface area (Å²) in [6.45, 7) is 0. The van der Waals surface area contributed by atoms with Crippen LogP contribution in [-0.2, 0) is 6.18 Å². The average molecular weight is 344 g/mol. The number of hydrogen-bond acceptors (Lipinski definition) is 0. The van der Waals surface area contributed by atoms with Crippen LogP contribution in [0, 0.1) is 5.82 Å². The molecule has 0 fully saturated rings. The smallest absolute Gasteiger partial charge is 0.207 e. The molecule has 0 atom stereocenters. The minimum absolute atomic E-state index is 0.0200. The Morgan fingerprint density at radius 2 is 1.40 bits per heavy atom. The molecule has 0 N–H and O–H groups in total. The second-order valence-corrected chi connectivity index (χ2v) is 5.13. The van der Waals surface area contributed by atoms with Gasteiger partial charge in [0.2, 0.25) is 0 Å². The summed E-state index contributed by atoms with van der Waals surface area (Å²) in [6.07, 6.45) is -4.70. The molecule has 20 heavy (non-hydrogen) atoms. The van der Waals surface area contributed by atoms with Gasteiger partial charge in [-0.2, -0.15) is 13.2 Å². The van der Waals surface area contributed by atoms with Crippen LogP contribution < -0.4 is 0 Å². The molecule has 106 valence electrons. The largest absolute Gasteiger partial charge is 0.417 e. The Bertz CT molecular complexity index is 642. The first-order chi connectivity index (χ1) is 9.20. The van der Waals surface area contributed by atoms with Gasteiger partial charge in [0.25, 0.3) is 0 Å². The summed E-state index contributed by atoms with van der Waals surface area (Å²) in [7, 11) is 0. The molecule has 7 heteroatoms. The Kier molecular flexibility index (Phi) is 4.19. The lowest BCUT2D eigenvalue weighted by atomic mass is 9.99. The molecule has 0 saturated heterocycles. The number of hydrogen-bond donors (Lipinski definition) is 0. The highest BCUT2D eigenvalue weighted by atomic mass is 35.5. The first-order valence-corrected chi connectivity index (χ1v) is 6.35. The van der Waals surface area contributed by atoms with Crippen molar-refractivity contribution in [2.24, 2.45) is 0 Å². The van der Waals surface area contributed by atoms with Crippen molar-refractivity contribution in [2.45, 2.75) is 6.18 Å². The lowest BCUT2D eigenvalue weighted by Crippen LogP contribution is -2.07. The summed E-state index contributed by atoms with van der Waals surface area (Å²) in [5.74, 6) is -0.979. The summed E-state index contributed by atoms with van der Waals surface area (Å²) >= 11 is 17.3. The van der Waals surface area contributed by atoms with Crippen LogP contribution in [0.25, 0.3) is 11.1 Å². The molecule has 0 radical (unpaired) electrons. The van der Waals surface area contributed by atoms with Gasteiger partial charge in [-0.25, -0.2) is 4.39 Å². The van der Waals surface area contributed by atoms with Crippen molar-refractivity contribution in [1.82, 2.24) is 0 Å². The summed E-state index contributed by atoms with van der Waals surface area (Å²) in [5.41, 5.74) is -1.22. The van der Waals surface area contributed by atoms with Gasteiger partial charge in [-0.15, -0.1) is 0 Å². The van der Waals surface area contributed by atoms with Gasteiger partial charge in [-0.1, -0.05) is 40.9 Å². The molecular weight excluding hydrogens is 338 g/mol. The number of rotatable bonds is 1. The van der Waals surface area contributed by atoms with E-state index in [4.69, 9.17) is 34.8 Å². The molecule has 0 nitrogen and oxygen atoms in total. The zero-order valence-corrected chi connectivity index (χ0v) is 11.8. The Morgan fingerprint density at radius 3 is 1.90 bits per heavy atom. The fourth-order valence-corrected chi connectivity index (χ4v) is 2.31. The average Bonchev–Trinajstić information content (AvgIpc) is 2.34.